The number of anilines is 1. The number of nitrogens with one attached hydrogen (secondary N) is 3. The van der Waals surface area contributed by atoms with Gasteiger partial charge in [0.15, 0.2) is 11.6 Å². The van der Waals surface area contributed by atoms with Gasteiger partial charge in [-0.15, -0.1) is 0 Å². The molecule has 1 aliphatic rings. The van der Waals surface area contributed by atoms with E-state index >= 15 is 0 Å². The number of hydrogen-bond acceptors (Lipinski definition) is 4. The molecule has 0 saturated carbocycles. The molecule has 0 unspecified atom stereocenters. The average molecular weight is 326 g/mol. The van der Waals surface area contributed by atoms with Gasteiger partial charge in [0.25, 0.3) is 5.91 Å². The van der Waals surface area contributed by atoms with Crippen LogP contribution in [-0.4, -0.2) is 38.0 Å². The minimum Gasteiger partial charge on any atom is -0.398 e. The van der Waals surface area contributed by atoms with Crippen LogP contribution in [-0.2, 0) is 4.79 Å². The molecule has 1 aliphatic heterocycles. The fraction of sp³-hybridized carbons (Fsp3) is 0.467. The zero-order chi connectivity index (χ0) is 16.8. The molecule has 23 heavy (non-hydrogen) atoms. The van der Waals surface area contributed by atoms with Crippen LogP contribution in [0.15, 0.2) is 12.1 Å². The van der Waals surface area contributed by atoms with Gasteiger partial charge in [0.2, 0.25) is 5.91 Å². The SMILES string of the molecule is Nc1cc(F)c(F)cc1C(=O)NCC(=O)NCC1CCNCC1. The smallest absolute Gasteiger partial charge is 0.253 e. The predicted octanol–water partition coefficient (Wildman–Crippen LogP) is 0.393. The van der Waals surface area contributed by atoms with Crippen LogP contribution in [0.1, 0.15) is 23.2 Å². The normalized spacial score (nSPS) is 15.2. The molecule has 1 saturated heterocycles. The van der Waals surface area contributed by atoms with E-state index in [0.717, 1.165) is 32.0 Å². The molecule has 0 spiro atoms. The Morgan fingerprint density at radius 2 is 1.83 bits per heavy atom. The number of piperidine rings is 1. The maximum Gasteiger partial charge on any atom is 0.253 e. The Bertz CT molecular complexity index is 589. The molecule has 5 N–H and O–H groups in total. The lowest BCUT2D eigenvalue weighted by Crippen LogP contribution is -2.41. The number of hydrogen-bond donors (Lipinski definition) is 4. The number of amides is 2. The second kappa shape index (κ2) is 7.87. The highest BCUT2D eigenvalue weighted by atomic mass is 19.2. The van der Waals surface area contributed by atoms with Crippen LogP contribution in [0.25, 0.3) is 0 Å². The molecule has 1 fully saturated rings. The van der Waals surface area contributed by atoms with Crippen molar-refractivity contribution >= 4 is 17.5 Å². The molecule has 126 valence electrons. The van der Waals surface area contributed by atoms with Gasteiger partial charge in [-0.2, -0.15) is 0 Å². The summed E-state index contributed by atoms with van der Waals surface area (Å²) in [6.45, 7) is 2.19. The minimum absolute atomic E-state index is 0.184. The van der Waals surface area contributed by atoms with Gasteiger partial charge in [0.1, 0.15) is 0 Å². The van der Waals surface area contributed by atoms with Crippen molar-refractivity contribution in [3.05, 3.63) is 29.3 Å². The van der Waals surface area contributed by atoms with Crippen LogP contribution in [0.2, 0.25) is 0 Å². The molecule has 0 aromatic heterocycles. The summed E-state index contributed by atoms with van der Waals surface area (Å²) in [4.78, 5) is 23.6. The first-order valence-electron chi connectivity index (χ1n) is 7.47. The van der Waals surface area contributed by atoms with Gasteiger partial charge in [-0.05, 0) is 37.9 Å². The van der Waals surface area contributed by atoms with E-state index in [-0.39, 0.29) is 23.7 Å². The van der Waals surface area contributed by atoms with Gasteiger partial charge >= 0.3 is 0 Å². The Hall–Kier alpha value is -2.22. The monoisotopic (exact) mass is 326 g/mol. The third-order valence-corrected chi connectivity index (χ3v) is 3.79. The van der Waals surface area contributed by atoms with Crippen LogP contribution < -0.4 is 21.7 Å². The van der Waals surface area contributed by atoms with E-state index in [1.807, 2.05) is 0 Å². The Morgan fingerprint density at radius 1 is 1.17 bits per heavy atom. The van der Waals surface area contributed by atoms with Crippen LogP contribution in [0.5, 0.6) is 0 Å². The highest BCUT2D eigenvalue weighted by Crippen LogP contribution is 2.16. The quantitative estimate of drug-likeness (QED) is 0.589. The summed E-state index contributed by atoms with van der Waals surface area (Å²) in [6, 6.07) is 1.45. The molecule has 2 amide bonds. The van der Waals surface area contributed by atoms with E-state index in [1.165, 1.54) is 0 Å². The number of nitrogen functional groups attached to an aromatic ring is 1. The van der Waals surface area contributed by atoms with Gasteiger partial charge in [0.05, 0.1) is 12.1 Å². The van der Waals surface area contributed by atoms with E-state index in [9.17, 15) is 18.4 Å². The molecule has 0 aliphatic carbocycles. The fourth-order valence-electron chi connectivity index (χ4n) is 2.42. The van der Waals surface area contributed by atoms with Crippen LogP contribution in [0, 0.1) is 17.6 Å². The van der Waals surface area contributed by atoms with E-state index in [1.54, 1.807) is 0 Å². The average Bonchev–Trinajstić information content (AvgIpc) is 2.55. The Morgan fingerprint density at radius 3 is 2.52 bits per heavy atom. The Balaban J connectivity index is 1.79. The number of rotatable bonds is 5. The van der Waals surface area contributed by atoms with E-state index in [0.29, 0.717) is 18.5 Å². The van der Waals surface area contributed by atoms with Crippen LogP contribution in [0.4, 0.5) is 14.5 Å². The zero-order valence-corrected chi connectivity index (χ0v) is 12.6. The lowest BCUT2D eigenvalue weighted by Gasteiger charge is -2.22. The molecule has 1 aromatic rings. The van der Waals surface area contributed by atoms with Crippen LogP contribution in [0.3, 0.4) is 0 Å². The van der Waals surface area contributed by atoms with Crippen molar-refractivity contribution in [1.82, 2.24) is 16.0 Å². The highest BCUT2D eigenvalue weighted by molar-refractivity contribution is 6.00. The molecule has 0 bridgehead atoms. The maximum atomic E-state index is 13.2. The molecular formula is C15H20F2N4O2. The van der Waals surface area contributed by atoms with Crippen molar-refractivity contribution in [2.24, 2.45) is 5.92 Å². The number of halogens is 2. The molecular weight excluding hydrogens is 306 g/mol. The topological polar surface area (TPSA) is 96.2 Å². The second-order valence-electron chi connectivity index (χ2n) is 5.53. The summed E-state index contributed by atoms with van der Waals surface area (Å²) in [6.07, 6.45) is 2.00. The lowest BCUT2D eigenvalue weighted by atomic mass is 9.98. The third-order valence-electron chi connectivity index (χ3n) is 3.79. The largest absolute Gasteiger partial charge is 0.398 e. The maximum absolute atomic E-state index is 13.2. The van der Waals surface area contributed by atoms with E-state index in [4.69, 9.17) is 5.73 Å². The molecule has 0 atom stereocenters. The lowest BCUT2D eigenvalue weighted by molar-refractivity contribution is -0.120. The second-order valence-corrected chi connectivity index (χ2v) is 5.53. The van der Waals surface area contributed by atoms with Crippen molar-refractivity contribution in [3.63, 3.8) is 0 Å². The summed E-state index contributed by atoms with van der Waals surface area (Å²) in [7, 11) is 0. The van der Waals surface area contributed by atoms with E-state index < -0.39 is 17.5 Å². The molecule has 2 rings (SSSR count). The standard InChI is InChI=1S/C15H20F2N4O2/c16-11-5-10(13(18)6-12(11)17)15(23)21-8-14(22)20-7-9-1-3-19-4-2-9/h5-6,9,19H,1-4,7-8,18H2,(H,20,22)(H,21,23). The van der Waals surface area contributed by atoms with Gasteiger partial charge in [-0.25, -0.2) is 8.78 Å². The first-order chi connectivity index (χ1) is 11.0. The first-order valence-corrected chi connectivity index (χ1v) is 7.47. The zero-order valence-electron chi connectivity index (χ0n) is 12.6. The van der Waals surface area contributed by atoms with Gasteiger partial charge in [0, 0.05) is 18.3 Å². The Kier molecular flexibility index (Phi) is 5.86. The third kappa shape index (κ3) is 4.88. The summed E-state index contributed by atoms with van der Waals surface area (Å²) >= 11 is 0. The van der Waals surface area contributed by atoms with Crippen molar-refractivity contribution in [2.45, 2.75) is 12.8 Å². The van der Waals surface area contributed by atoms with Gasteiger partial charge in [-0.3, -0.25) is 9.59 Å². The number of benzene rings is 1. The fourth-order valence-corrected chi connectivity index (χ4v) is 2.42. The summed E-state index contributed by atoms with van der Waals surface area (Å²) in [5.41, 5.74) is 5.10. The number of nitrogens with two attached hydrogens (primary N) is 1. The molecule has 6 nitrogen and oxygen atoms in total. The number of carbonyl (C=O) groups excluding carboxylic acids is 2. The molecule has 1 heterocycles. The minimum atomic E-state index is -1.17. The van der Waals surface area contributed by atoms with Crippen LogP contribution >= 0.6 is 0 Å². The number of carbonyl (C=O) groups is 2. The van der Waals surface area contributed by atoms with Crippen molar-refractivity contribution in [1.29, 1.82) is 0 Å². The molecule has 1 aromatic carbocycles. The Labute approximate surface area is 132 Å². The first kappa shape index (κ1) is 17.1. The van der Waals surface area contributed by atoms with Crippen molar-refractivity contribution < 1.29 is 18.4 Å². The van der Waals surface area contributed by atoms with Gasteiger partial charge in [-0.1, -0.05) is 0 Å². The molecule has 0 radical (unpaired) electrons. The van der Waals surface area contributed by atoms with Crippen molar-refractivity contribution in [3.8, 4) is 0 Å². The van der Waals surface area contributed by atoms with Crippen molar-refractivity contribution in [2.75, 3.05) is 31.9 Å². The van der Waals surface area contributed by atoms with E-state index in [2.05, 4.69) is 16.0 Å². The summed E-state index contributed by atoms with van der Waals surface area (Å²) in [5, 5.41) is 8.32. The highest BCUT2D eigenvalue weighted by Gasteiger charge is 2.16. The summed E-state index contributed by atoms with van der Waals surface area (Å²) in [5.74, 6) is -2.92. The van der Waals surface area contributed by atoms with Gasteiger partial charge < -0.3 is 21.7 Å². The summed E-state index contributed by atoms with van der Waals surface area (Å²) < 4.78 is 26.1. The predicted molar refractivity (Wildman–Crippen MR) is 81.7 cm³/mol. The molecule has 8 heteroatoms.